The average molecular weight is 443 g/mol. The van der Waals surface area contributed by atoms with Gasteiger partial charge in [0.05, 0.1) is 6.26 Å². The summed E-state index contributed by atoms with van der Waals surface area (Å²) in [5.74, 6) is -0.961. The molecule has 3 rings (SSSR count). The van der Waals surface area contributed by atoms with Crippen LogP contribution >= 0.6 is 15.9 Å². The van der Waals surface area contributed by atoms with E-state index in [2.05, 4.69) is 26.6 Å². The van der Waals surface area contributed by atoms with Crippen molar-refractivity contribution in [3.8, 4) is 0 Å². The molecule has 0 radical (unpaired) electrons. The van der Waals surface area contributed by atoms with Gasteiger partial charge >= 0.3 is 0 Å². The van der Waals surface area contributed by atoms with Crippen LogP contribution in [0.4, 0.5) is 4.39 Å². The predicted molar refractivity (Wildman–Crippen MR) is 107 cm³/mol. The highest BCUT2D eigenvalue weighted by Gasteiger charge is 2.15. The molecule has 7 heteroatoms. The lowest BCUT2D eigenvalue weighted by atomic mass is 10.2. The van der Waals surface area contributed by atoms with Crippen LogP contribution in [0.1, 0.15) is 21.7 Å². The van der Waals surface area contributed by atoms with Gasteiger partial charge < -0.3 is 15.1 Å². The molecule has 0 saturated carbocycles. The summed E-state index contributed by atoms with van der Waals surface area (Å²) >= 11 is 3.21. The molecule has 0 spiro atoms. The maximum absolute atomic E-state index is 13.5. The number of furan rings is 1. The first-order chi connectivity index (χ1) is 13.5. The van der Waals surface area contributed by atoms with Crippen LogP contribution in [0.3, 0.4) is 0 Å². The molecule has 0 fully saturated rings. The predicted octanol–water partition coefficient (Wildman–Crippen LogP) is 4.27. The molecule has 0 aliphatic carbocycles. The summed E-state index contributed by atoms with van der Waals surface area (Å²) in [6.45, 7) is 0.0892. The second kappa shape index (κ2) is 9.14. The maximum atomic E-state index is 13.5. The summed E-state index contributed by atoms with van der Waals surface area (Å²) in [4.78, 5) is 25.1. The molecule has 2 amide bonds. The number of amides is 2. The third-order valence-electron chi connectivity index (χ3n) is 3.73. The standard InChI is InChI=1S/C21H16BrFN2O3/c22-16-9-14(10-17(23)11-16)13-24-21(27)19(12-18-7-4-8-28-18)25-20(26)15-5-2-1-3-6-15/h1-12H,13H2,(H,24,27)(H,25,26)/b19-12-. The SMILES string of the molecule is O=C(NCc1cc(F)cc(Br)c1)/C(=C/c1ccco1)NC(=O)c1ccccc1. The van der Waals surface area contributed by atoms with E-state index in [9.17, 15) is 14.0 Å². The maximum Gasteiger partial charge on any atom is 0.268 e. The van der Waals surface area contributed by atoms with Crippen molar-refractivity contribution in [2.24, 2.45) is 0 Å². The van der Waals surface area contributed by atoms with Gasteiger partial charge in [-0.15, -0.1) is 0 Å². The lowest BCUT2D eigenvalue weighted by Crippen LogP contribution is -2.34. The highest BCUT2D eigenvalue weighted by atomic mass is 79.9. The Kier molecular flexibility index (Phi) is 6.39. The van der Waals surface area contributed by atoms with E-state index in [-0.39, 0.29) is 12.2 Å². The van der Waals surface area contributed by atoms with Gasteiger partial charge in [-0.25, -0.2) is 4.39 Å². The van der Waals surface area contributed by atoms with Crippen LogP contribution in [0.2, 0.25) is 0 Å². The van der Waals surface area contributed by atoms with E-state index in [4.69, 9.17) is 4.42 Å². The minimum Gasteiger partial charge on any atom is -0.465 e. The highest BCUT2D eigenvalue weighted by molar-refractivity contribution is 9.10. The van der Waals surface area contributed by atoms with Crippen LogP contribution in [0.5, 0.6) is 0 Å². The van der Waals surface area contributed by atoms with Crippen molar-refractivity contribution in [1.82, 2.24) is 10.6 Å². The van der Waals surface area contributed by atoms with Crippen molar-refractivity contribution >= 4 is 33.8 Å². The van der Waals surface area contributed by atoms with E-state index in [0.29, 0.717) is 21.4 Å². The monoisotopic (exact) mass is 442 g/mol. The average Bonchev–Trinajstić information content (AvgIpc) is 3.18. The molecule has 1 aromatic heterocycles. The van der Waals surface area contributed by atoms with Crippen LogP contribution in [0.15, 0.2) is 81.5 Å². The van der Waals surface area contributed by atoms with Crippen LogP contribution in [-0.2, 0) is 11.3 Å². The normalized spacial score (nSPS) is 11.1. The van der Waals surface area contributed by atoms with Gasteiger partial charge in [-0.05, 0) is 48.0 Å². The molecule has 1 heterocycles. The molecule has 0 unspecified atom stereocenters. The Morgan fingerprint density at radius 1 is 1.07 bits per heavy atom. The molecule has 0 atom stereocenters. The van der Waals surface area contributed by atoms with Crippen molar-refractivity contribution in [3.63, 3.8) is 0 Å². The van der Waals surface area contributed by atoms with E-state index in [1.54, 1.807) is 48.5 Å². The highest BCUT2D eigenvalue weighted by Crippen LogP contribution is 2.15. The van der Waals surface area contributed by atoms with Gasteiger partial charge in [-0.2, -0.15) is 0 Å². The molecule has 2 N–H and O–H groups in total. The fraction of sp³-hybridized carbons (Fsp3) is 0.0476. The molecule has 0 aliphatic heterocycles. The van der Waals surface area contributed by atoms with Gasteiger partial charge in [-0.3, -0.25) is 9.59 Å². The van der Waals surface area contributed by atoms with Crippen molar-refractivity contribution in [2.45, 2.75) is 6.54 Å². The molecule has 142 valence electrons. The Bertz CT molecular complexity index is 982. The molecule has 2 aromatic carbocycles. The van der Waals surface area contributed by atoms with Crippen LogP contribution in [-0.4, -0.2) is 11.8 Å². The zero-order chi connectivity index (χ0) is 19.9. The third kappa shape index (κ3) is 5.40. The quantitative estimate of drug-likeness (QED) is 0.560. The third-order valence-corrected chi connectivity index (χ3v) is 4.19. The van der Waals surface area contributed by atoms with Gasteiger partial charge in [0.25, 0.3) is 11.8 Å². The smallest absolute Gasteiger partial charge is 0.268 e. The number of hydrogen-bond donors (Lipinski definition) is 2. The van der Waals surface area contributed by atoms with Gasteiger partial charge in [0.1, 0.15) is 17.3 Å². The summed E-state index contributed by atoms with van der Waals surface area (Å²) < 4.78 is 19.3. The summed E-state index contributed by atoms with van der Waals surface area (Å²) in [6, 6.07) is 16.2. The van der Waals surface area contributed by atoms with Crippen LogP contribution in [0.25, 0.3) is 6.08 Å². The largest absolute Gasteiger partial charge is 0.465 e. The minimum absolute atomic E-state index is 0.0132. The van der Waals surface area contributed by atoms with Gasteiger partial charge in [0.15, 0.2) is 0 Å². The second-order valence-electron chi connectivity index (χ2n) is 5.85. The molecule has 3 aromatic rings. The lowest BCUT2D eigenvalue weighted by Gasteiger charge is -2.11. The van der Waals surface area contributed by atoms with Crippen LogP contribution < -0.4 is 10.6 Å². The molecule has 28 heavy (non-hydrogen) atoms. The number of carbonyl (C=O) groups is 2. The van der Waals surface area contributed by atoms with E-state index >= 15 is 0 Å². The first-order valence-corrected chi connectivity index (χ1v) is 9.15. The lowest BCUT2D eigenvalue weighted by molar-refractivity contribution is -0.117. The summed E-state index contributed by atoms with van der Waals surface area (Å²) in [6.07, 6.45) is 2.89. The Morgan fingerprint density at radius 3 is 2.54 bits per heavy atom. The zero-order valence-electron chi connectivity index (χ0n) is 14.6. The Hall–Kier alpha value is -3.19. The second-order valence-corrected chi connectivity index (χ2v) is 6.77. The number of hydrogen-bond acceptors (Lipinski definition) is 3. The summed E-state index contributed by atoms with van der Waals surface area (Å²) in [5, 5.41) is 5.27. The number of benzene rings is 2. The van der Waals surface area contributed by atoms with E-state index in [1.807, 2.05) is 0 Å². The fourth-order valence-electron chi connectivity index (χ4n) is 2.45. The molecule has 0 saturated heterocycles. The molecular weight excluding hydrogens is 427 g/mol. The van der Waals surface area contributed by atoms with E-state index in [0.717, 1.165) is 0 Å². The van der Waals surface area contributed by atoms with E-state index in [1.165, 1.54) is 24.5 Å². The topological polar surface area (TPSA) is 71.3 Å². The zero-order valence-corrected chi connectivity index (χ0v) is 16.2. The first kappa shape index (κ1) is 19.6. The van der Waals surface area contributed by atoms with Gasteiger partial charge in [-0.1, -0.05) is 34.1 Å². The minimum atomic E-state index is -0.527. The van der Waals surface area contributed by atoms with Crippen LogP contribution in [0, 0.1) is 5.82 Å². The number of rotatable bonds is 6. The number of nitrogens with one attached hydrogen (secondary N) is 2. The Balaban J connectivity index is 1.76. The fourth-order valence-corrected chi connectivity index (χ4v) is 2.96. The Labute approximate surface area is 169 Å². The van der Waals surface area contributed by atoms with Crippen molar-refractivity contribution < 1.29 is 18.4 Å². The Morgan fingerprint density at radius 2 is 1.86 bits per heavy atom. The van der Waals surface area contributed by atoms with Crippen molar-refractivity contribution in [3.05, 3.63) is 99.8 Å². The van der Waals surface area contributed by atoms with Crippen molar-refractivity contribution in [1.29, 1.82) is 0 Å². The van der Waals surface area contributed by atoms with Gasteiger partial charge in [0.2, 0.25) is 0 Å². The van der Waals surface area contributed by atoms with Gasteiger partial charge in [0, 0.05) is 22.7 Å². The molecule has 0 aliphatic rings. The summed E-state index contributed by atoms with van der Waals surface area (Å²) in [7, 11) is 0. The van der Waals surface area contributed by atoms with Crippen molar-refractivity contribution in [2.75, 3.05) is 0 Å². The molecular formula is C21H16BrFN2O3. The number of halogens is 2. The molecule has 0 bridgehead atoms. The molecule has 5 nitrogen and oxygen atoms in total. The first-order valence-electron chi connectivity index (χ1n) is 8.36. The number of carbonyl (C=O) groups excluding carboxylic acids is 2. The summed E-state index contributed by atoms with van der Waals surface area (Å²) in [5.41, 5.74) is 1.00. The van der Waals surface area contributed by atoms with E-state index < -0.39 is 17.6 Å².